The minimum absolute atomic E-state index is 0.0341. The summed E-state index contributed by atoms with van der Waals surface area (Å²) < 4.78 is 27.9. The van der Waals surface area contributed by atoms with Crippen molar-refractivity contribution in [3.63, 3.8) is 0 Å². The number of aliphatic hydroxyl groups excluding tert-OH is 1. The van der Waals surface area contributed by atoms with Gasteiger partial charge in [0.05, 0.1) is 23.2 Å². The fourth-order valence-corrected chi connectivity index (χ4v) is 5.09. The van der Waals surface area contributed by atoms with Crippen LogP contribution in [0.25, 0.3) is 0 Å². The molecule has 0 aliphatic carbocycles. The van der Waals surface area contributed by atoms with E-state index in [4.69, 9.17) is 0 Å². The van der Waals surface area contributed by atoms with Crippen molar-refractivity contribution in [2.24, 2.45) is 5.92 Å². The number of likely N-dealkylation sites (tertiary alicyclic amines) is 1. The molecule has 6 heteroatoms. The van der Waals surface area contributed by atoms with Gasteiger partial charge >= 0.3 is 0 Å². The third-order valence-corrected chi connectivity index (χ3v) is 7.18. The summed E-state index contributed by atoms with van der Waals surface area (Å²) in [5.41, 5.74) is 1.63. The van der Waals surface area contributed by atoms with Crippen LogP contribution in [0, 0.1) is 12.8 Å². The molecule has 5 nitrogen and oxygen atoms in total. The SMILES string of the molecule is Cc1ccc(N(CC(O)CN2CCC(C)CC2)S(=O)(=O)c2ccccc2)cc1. The van der Waals surface area contributed by atoms with Crippen LogP contribution in [0.5, 0.6) is 0 Å². The number of aryl methyl sites for hydroxylation is 1. The van der Waals surface area contributed by atoms with Crippen LogP contribution in [0.2, 0.25) is 0 Å². The molecule has 1 heterocycles. The van der Waals surface area contributed by atoms with Gasteiger partial charge in [-0.3, -0.25) is 4.31 Å². The van der Waals surface area contributed by atoms with Gasteiger partial charge in [-0.05, 0) is 63.0 Å². The van der Waals surface area contributed by atoms with Gasteiger partial charge in [-0.2, -0.15) is 0 Å². The predicted molar refractivity (Wildman–Crippen MR) is 113 cm³/mol. The fourth-order valence-electron chi connectivity index (χ4n) is 3.56. The number of aliphatic hydroxyl groups is 1. The highest BCUT2D eigenvalue weighted by Gasteiger charge is 2.28. The molecule has 28 heavy (non-hydrogen) atoms. The van der Waals surface area contributed by atoms with Crippen molar-refractivity contribution in [1.82, 2.24) is 4.90 Å². The Hall–Kier alpha value is -1.89. The molecule has 1 saturated heterocycles. The zero-order valence-corrected chi connectivity index (χ0v) is 17.5. The number of anilines is 1. The van der Waals surface area contributed by atoms with Gasteiger partial charge in [0.1, 0.15) is 0 Å². The largest absolute Gasteiger partial charge is 0.390 e. The molecule has 1 N–H and O–H groups in total. The second kappa shape index (κ2) is 9.07. The van der Waals surface area contributed by atoms with Crippen LogP contribution in [0.3, 0.4) is 0 Å². The molecule has 1 atom stereocenters. The molecule has 0 radical (unpaired) electrons. The first-order chi connectivity index (χ1) is 13.4. The number of β-amino-alcohol motifs (C(OH)–C–C–N with tert-alkyl or cyclic N) is 1. The zero-order valence-electron chi connectivity index (χ0n) is 16.7. The van der Waals surface area contributed by atoms with Crippen molar-refractivity contribution < 1.29 is 13.5 Å². The molecule has 0 saturated carbocycles. The zero-order chi connectivity index (χ0) is 20.1. The molecule has 0 bridgehead atoms. The van der Waals surface area contributed by atoms with Crippen LogP contribution in [-0.2, 0) is 10.0 Å². The highest BCUT2D eigenvalue weighted by Crippen LogP contribution is 2.25. The molecule has 2 aromatic carbocycles. The Balaban J connectivity index is 1.81. The molecule has 2 aromatic rings. The Morgan fingerprint density at radius 1 is 1.07 bits per heavy atom. The van der Waals surface area contributed by atoms with Gasteiger partial charge in [-0.25, -0.2) is 8.42 Å². The van der Waals surface area contributed by atoms with Gasteiger partial charge in [0.25, 0.3) is 10.0 Å². The average molecular weight is 403 g/mol. The Kier molecular flexibility index (Phi) is 6.75. The number of hydrogen-bond donors (Lipinski definition) is 1. The lowest BCUT2D eigenvalue weighted by molar-refractivity contribution is 0.0971. The number of benzene rings is 2. The maximum atomic E-state index is 13.3. The summed E-state index contributed by atoms with van der Waals surface area (Å²) >= 11 is 0. The van der Waals surface area contributed by atoms with Crippen LogP contribution < -0.4 is 4.31 Å². The minimum atomic E-state index is -3.76. The van der Waals surface area contributed by atoms with Crippen LogP contribution in [0.4, 0.5) is 5.69 Å². The van der Waals surface area contributed by atoms with E-state index in [0.717, 1.165) is 37.4 Å². The lowest BCUT2D eigenvalue weighted by Crippen LogP contribution is -2.44. The first kappa shape index (κ1) is 20.8. The Bertz CT molecular complexity index is 845. The van der Waals surface area contributed by atoms with E-state index >= 15 is 0 Å². The molecule has 1 fully saturated rings. The normalized spacial score (nSPS) is 17.4. The van der Waals surface area contributed by atoms with E-state index in [1.54, 1.807) is 42.5 Å². The van der Waals surface area contributed by atoms with E-state index in [1.165, 1.54) is 4.31 Å². The summed E-state index contributed by atoms with van der Waals surface area (Å²) in [5, 5.41) is 10.7. The van der Waals surface area contributed by atoms with Crippen molar-refractivity contribution in [2.45, 2.75) is 37.7 Å². The quantitative estimate of drug-likeness (QED) is 0.772. The molecule has 1 unspecified atom stereocenters. The topological polar surface area (TPSA) is 60.9 Å². The standard InChI is InChI=1S/C22H30N2O3S/c1-18-8-10-20(11-9-18)24(28(26,27)22-6-4-3-5-7-22)17-21(25)16-23-14-12-19(2)13-15-23/h3-11,19,21,25H,12-17H2,1-2H3. The highest BCUT2D eigenvalue weighted by molar-refractivity contribution is 7.92. The van der Waals surface area contributed by atoms with Crippen LogP contribution >= 0.6 is 0 Å². The number of sulfonamides is 1. The Morgan fingerprint density at radius 2 is 1.68 bits per heavy atom. The smallest absolute Gasteiger partial charge is 0.264 e. The molecular weight excluding hydrogens is 372 g/mol. The van der Waals surface area contributed by atoms with Gasteiger partial charge in [0.2, 0.25) is 0 Å². The van der Waals surface area contributed by atoms with Crippen molar-refractivity contribution >= 4 is 15.7 Å². The van der Waals surface area contributed by atoms with E-state index in [-0.39, 0.29) is 11.4 Å². The van der Waals surface area contributed by atoms with Gasteiger partial charge in [-0.15, -0.1) is 0 Å². The van der Waals surface area contributed by atoms with Crippen LogP contribution in [0.1, 0.15) is 25.3 Å². The van der Waals surface area contributed by atoms with Crippen molar-refractivity contribution in [3.05, 3.63) is 60.2 Å². The lowest BCUT2D eigenvalue weighted by atomic mass is 9.99. The minimum Gasteiger partial charge on any atom is -0.390 e. The molecule has 0 amide bonds. The van der Waals surface area contributed by atoms with Gasteiger partial charge < -0.3 is 10.0 Å². The second-order valence-electron chi connectivity index (χ2n) is 7.82. The van der Waals surface area contributed by atoms with Crippen LogP contribution in [-0.4, -0.2) is 50.7 Å². The summed E-state index contributed by atoms with van der Waals surface area (Å²) in [5.74, 6) is 0.718. The predicted octanol–water partition coefficient (Wildman–Crippen LogP) is 3.28. The van der Waals surface area contributed by atoms with E-state index in [1.807, 2.05) is 19.1 Å². The van der Waals surface area contributed by atoms with Crippen molar-refractivity contribution in [3.8, 4) is 0 Å². The molecule has 152 valence electrons. The third kappa shape index (κ3) is 5.13. The first-order valence-electron chi connectivity index (χ1n) is 9.91. The molecule has 1 aliphatic rings. The summed E-state index contributed by atoms with van der Waals surface area (Å²) in [6, 6.07) is 15.8. The third-order valence-electron chi connectivity index (χ3n) is 5.37. The number of rotatable bonds is 7. The van der Waals surface area contributed by atoms with Crippen molar-refractivity contribution in [2.75, 3.05) is 30.5 Å². The molecular formula is C22H30N2O3S. The monoisotopic (exact) mass is 402 g/mol. The molecule has 0 aromatic heterocycles. The molecule has 1 aliphatic heterocycles. The summed E-state index contributed by atoms with van der Waals surface area (Å²) in [4.78, 5) is 2.46. The summed E-state index contributed by atoms with van der Waals surface area (Å²) in [6.45, 7) is 6.64. The molecule has 3 rings (SSSR count). The van der Waals surface area contributed by atoms with E-state index in [9.17, 15) is 13.5 Å². The number of piperidine rings is 1. The lowest BCUT2D eigenvalue weighted by Gasteiger charge is -2.33. The summed E-state index contributed by atoms with van der Waals surface area (Å²) in [6.07, 6.45) is 1.49. The highest BCUT2D eigenvalue weighted by atomic mass is 32.2. The fraction of sp³-hybridized carbons (Fsp3) is 0.455. The van der Waals surface area contributed by atoms with E-state index in [2.05, 4.69) is 11.8 Å². The summed E-state index contributed by atoms with van der Waals surface area (Å²) in [7, 11) is -3.76. The second-order valence-corrected chi connectivity index (χ2v) is 9.68. The number of nitrogens with zero attached hydrogens (tertiary/aromatic N) is 2. The van der Waals surface area contributed by atoms with E-state index in [0.29, 0.717) is 12.2 Å². The Labute approximate surface area is 168 Å². The average Bonchev–Trinajstić information content (AvgIpc) is 2.69. The van der Waals surface area contributed by atoms with Gasteiger partial charge in [0.15, 0.2) is 0 Å². The van der Waals surface area contributed by atoms with Crippen molar-refractivity contribution in [1.29, 1.82) is 0 Å². The first-order valence-corrected chi connectivity index (χ1v) is 11.3. The maximum absolute atomic E-state index is 13.3. The van der Waals surface area contributed by atoms with Gasteiger partial charge in [-0.1, -0.05) is 42.8 Å². The molecule has 0 spiro atoms. The number of hydrogen-bond acceptors (Lipinski definition) is 4. The van der Waals surface area contributed by atoms with E-state index < -0.39 is 16.1 Å². The van der Waals surface area contributed by atoms with Crippen LogP contribution in [0.15, 0.2) is 59.5 Å². The Morgan fingerprint density at radius 3 is 2.29 bits per heavy atom. The van der Waals surface area contributed by atoms with Gasteiger partial charge in [0, 0.05) is 6.54 Å². The maximum Gasteiger partial charge on any atom is 0.264 e.